The quantitative estimate of drug-likeness (QED) is 0.824. The first-order valence-electron chi connectivity index (χ1n) is 8.97. The molecule has 0 bridgehead atoms. The molecule has 2 aromatic rings. The summed E-state index contributed by atoms with van der Waals surface area (Å²) in [5.41, 5.74) is 1.08. The van der Waals surface area contributed by atoms with Crippen molar-refractivity contribution >= 4 is 17.2 Å². The third-order valence-electron chi connectivity index (χ3n) is 4.75. The second kappa shape index (κ2) is 9.13. The summed E-state index contributed by atoms with van der Waals surface area (Å²) in [5.74, 6) is 0.0263. The van der Waals surface area contributed by atoms with Crippen LogP contribution in [0.3, 0.4) is 0 Å². The van der Waals surface area contributed by atoms with Gasteiger partial charge in [0.15, 0.2) is 0 Å². The lowest BCUT2D eigenvalue weighted by Crippen LogP contribution is -2.44. The lowest BCUT2D eigenvalue weighted by atomic mass is 9.95. The van der Waals surface area contributed by atoms with Crippen molar-refractivity contribution in [3.05, 3.63) is 58.3 Å². The summed E-state index contributed by atoms with van der Waals surface area (Å²) in [7, 11) is 0. The van der Waals surface area contributed by atoms with E-state index in [2.05, 4.69) is 34.7 Å². The van der Waals surface area contributed by atoms with E-state index in [0.717, 1.165) is 38.3 Å². The van der Waals surface area contributed by atoms with Crippen LogP contribution in [0.5, 0.6) is 0 Å². The maximum Gasteiger partial charge on any atom is 0.227 e. The molecule has 1 aromatic heterocycles. The third-order valence-corrected chi connectivity index (χ3v) is 5.73. The Balaban J connectivity index is 1.66. The highest BCUT2D eigenvalue weighted by Crippen LogP contribution is 2.26. The van der Waals surface area contributed by atoms with Gasteiger partial charge in [-0.25, -0.2) is 0 Å². The summed E-state index contributed by atoms with van der Waals surface area (Å²) < 4.78 is 5.48. The van der Waals surface area contributed by atoms with Crippen molar-refractivity contribution in [2.24, 2.45) is 0 Å². The van der Waals surface area contributed by atoms with Crippen LogP contribution in [0.1, 0.15) is 35.7 Å². The minimum absolute atomic E-state index is 0.0881. The van der Waals surface area contributed by atoms with E-state index in [-0.39, 0.29) is 17.9 Å². The van der Waals surface area contributed by atoms with Gasteiger partial charge in [-0.15, -0.1) is 11.3 Å². The molecule has 0 saturated carbocycles. The fraction of sp³-hybridized carbons (Fsp3) is 0.450. The summed E-state index contributed by atoms with van der Waals surface area (Å²) in [4.78, 5) is 16.5. The number of morpholine rings is 1. The molecule has 5 heteroatoms. The molecule has 1 N–H and O–H groups in total. The van der Waals surface area contributed by atoms with Gasteiger partial charge in [0.05, 0.1) is 25.2 Å². The van der Waals surface area contributed by atoms with Gasteiger partial charge in [-0.1, -0.05) is 43.3 Å². The number of hydrogen-bond acceptors (Lipinski definition) is 4. The molecule has 1 amide bonds. The second-order valence-corrected chi connectivity index (χ2v) is 7.28. The van der Waals surface area contributed by atoms with Crippen molar-refractivity contribution in [3.8, 4) is 0 Å². The Bertz CT molecular complexity index is 639. The first kappa shape index (κ1) is 18.1. The standard InChI is InChI=1S/C20H26N2O2S/c1-2-17(16-7-4-3-5-8-16)20(23)21-15-18(19-9-6-14-25-19)22-10-12-24-13-11-22/h3-9,14,17-18H,2,10-13,15H2,1H3,(H,21,23)/t17-,18-/m1/s1. The Morgan fingerprint density at radius 3 is 2.60 bits per heavy atom. The summed E-state index contributed by atoms with van der Waals surface area (Å²) in [6.45, 7) is 6.05. The van der Waals surface area contributed by atoms with E-state index in [1.807, 2.05) is 30.3 Å². The maximum absolute atomic E-state index is 12.8. The van der Waals surface area contributed by atoms with Gasteiger partial charge < -0.3 is 10.1 Å². The summed E-state index contributed by atoms with van der Waals surface area (Å²) in [6.07, 6.45) is 0.803. The molecule has 1 aliphatic rings. The highest BCUT2D eigenvalue weighted by atomic mass is 32.1. The topological polar surface area (TPSA) is 41.6 Å². The Morgan fingerprint density at radius 1 is 1.20 bits per heavy atom. The molecule has 1 aromatic carbocycles. The molecule has 0 unspecified atom stereocenters. The van der Waals surface area contributed by atoms with E-state index in [9.17, 15) is 4.79 Å². The number of nitrogens with one attached hydrogen (secondary N) is 1. The molecule has 2 heterocycles. The molecule has 1 saturated heterocycles. The number of nitrogens with zero attached hydrogens (tertiary/aromatic N) is 1. The average Bonchev–Trinajstić information content (AvgIpc) is 3.19. The van der Waals surface area contributed by atoms with Crippen LogP contribution in [-0.4, -0.2) is 43.7 Å². The Kier molecular flexibility index (Phi) is 6.62. The van der Waals surface area contributed by atoms with Crippen molar-refractivity contribution in [2.45, 2.75) is 25.3 Å². The molecule has 25 heavy (non-hydrogen) atoms. The fourth-order valence-corrected chi connectivity index (χ4v) is 4.22. The average molecular weight is 359 g/mol. The summed E-state index contributed by atoms with van der Waals surface area (Å²) in [5, 5.41) is 5.30. The Morgan fingerprint density at radius 2 is 1.96 bits per heavy atom. The smallest absolute Gasteiger partial charge is 0.227 e. The van der Waals surface area contributed by atoms with Crippen LogP contribution in [0, 0.1) is 0 Å². The predicted octanol–water partition coefficient (Wildman–Crippen LogP) is 3.43. The van der Waals surface area contributed by atoms with Crippen molar-refractivity contribution in [1.82, 2.24) is 10.2 Å². The molecular formula is C20H26N2O2S. The van der Waals surface area contributed by atoms with E-state index in [1.54, 1.807) is 11.3 Å². The minimum Gasteiger partial charge on any atom is -0.379 e. The molecular weight excluding hydrogens is 332 g/mol. The van der Waals surface area contributed by atoms with Gasteiger partial charge in [0.25, 0.3) is 0 Å². The lowest BCUT2D eigenvalue weighted by molar-refractivity contribution is -0.123. The minimum atomic E-state index is -0.0881. The largest absolute Gasteiger partial charge is 0.379 e. The normalized spacial score (nSPS) is 17.8. The van der Waals surface area contributed by atoms with Gasteiger partial charge >= 0.3 is 0 Å². The fourth-order valence-electron chi connectivity index (χ4n) is 3.36. The van der Waals surface area contributed by atoms with Gasteiger partial charge in [-0.2, -0.15) is 0 Å². The molecule has 3 rings (SSSR count). The van der Waals surface area contributed by atoms with Crippen LogP contribution in [0.2, 0.25) is 0 Å². The number of carbonyl (C=O) groups is 1. The van der Waals surface area contributed by atoms with Crippen LogP contribution >= 0.6 is 11.3 Å². The van der Waals surface area contributed by atoms with Crippen LogP contribution in [-0.2, 0) is 9.53 Å². The van der Waals surface area contributed by atoms with Crippen molar-refractivity contribution in [1.29, 1.82) is 0 Å². The van der Waals surface area contributed by atoms with Gasteiger partial charge in [-0.05, 0) is 23.4 Å². The van der Waals surface area contributed by atoms with Crippen LogP contribution in [0.15, 0.2) is 47.8 Å². The number of ether oxygens (including phenoxy) is 1. The third kappa shape index (κ3) is 4.69. The number of thiophene rings is 1. The number of hydrogen-bond donors (Lipinski definition) is 1. The molecule has 4 nitrogen and oxygen atoms in total. The van der Waals surface area contributed by atoms with Gasteiger partial charge in [0.1, 0.15) is 0 Å². The van der Waals surface area contributed by atoms with E-state index >= 15 is 0 Å². The van der Waals surface area contributed by atoms with Crippen LogP contribution in [0.25, 0.3) is 0 Å². The zero-order chi connectivity index (χ0) is 17.5. The summed E-state index contributed by atoms with van der Waals surface area (Å²) >= 11 is 1.75. The Hall–Kier alpha value is -1.69. The number of carbonyl (C=O) groups excluding carboxylic acids is 1. The van der Waals surface area contributed by atoms with E-state index in [0.29, 0.717) is 6.54 Å². The molecule has 0 radical (unpaired) electrons. The van der Waals surface area contributed by atoms with E-state index < -0.39 is 0 Å². The zero-order valence-electron chi connectivity index (χ0n) is 14.7. The molecule has 134 valence electrons. The van der Waals surface area contributed by atoms with Gasteiger partial charge in [0, 0.05) is 24.5 Å². The molecule has 1 aliphatic heterocycles. The van der Waals surface area contributed by atoms with E-state index in [4.69, 9.17) is 4.74 Å². The Labute approximate surface area is 153 Å². The summed E-state index contributed by atoms with van der Waals surface area (Å²) in [6, 6.07) is 14.5. The van der Waals surface area contributed by atoms with E-state index in [1.165, 1.54) is 4.88 Å². The molecule has 2 atom stereocenters. The van der Waals surface area contributed by atoms with Gasteiger partial charge in [0.2, 0.25) is 5.91 Å². The first-order chi connectivity index (χ1) is 12.3. The van der Waals surface area contributed by atoms with Crippen molar-refractivity contribution in [3.63, 3.8) is 0 Å². The molecule has 0 spiro atoms. The predicted molar refractivity (Wildman–Crippen MR) is 102 cm³/mol. The monoisotopic (exact) mass is 358 g/mol. The maximum atomic E-state index is 12.8. The first-order valence-corrected chi connectivity index (χ1v) is 9.85. The number of amides is 1. The highest BCUT2D eigenvalue weighted by Gasteiger charge is 2.25. The highest BCUT2D eigenvalue weighted by molar-refractivity contribution is 7.10. The van der Waals surface area contributed by atoms with Crippen molar-refractivity contribution < 1.29 is 9.53 Å². The second-order valence-electron chi connectivity index (χ2n) is 6.30. The number of benzene rings is 1. The molecule has 0 aliphatic carbocycles. The number of rotatable bonds is 7. The van der Waals surface area contributed by atoms with Gasteiger partial charge in [-0.3, -0.25) is 9.69 Å². The zero-order valence-corrected chi connectivity index (χ0v) is 15.5. The SMILES string of the molecule is CC[C@@H](C(=O)NC[C@H](c1cccs1)N1CCOCC1)c1ccccc1. The van der Waals surface area contributed by atoms with Crippen LogP contribution in [0.4, 0.5) is 0 Å². The molecule has 1 fully saturated rings. The van der Waals surface area contributed by atoms with Crippen molar-refractivity contribution in [2.75, 3.05) is 32.8 Å². The van der Waals surface area contributed by atoms with Crippen LogP contribution < -0.4 is 5.32 Å². The lowest BCUT2D eigenvalue weighted by Gasteiger charge is -2.34.